The highest BCUT2D eigenvalue weighted by molar-refractivity contribution is 7.13. The average molecular weight is 459 g/mol. The summed E-state index contributed by atoms with van der Waals surface area (Å²) in [7, 11) is 0. The van der Waals surface area contributed by atoms with Crippen molar-refractivity contribution in [2.45, 2.75) is 65.8 Å². The number of aliphatic hydroxyl groups is 1. The Hall–Kier alpha value is -2.29. The SMILES string of the molecule is CCN[C@H](C(=O)N1C[C@H](O)C[C@H]1C(=O)NCc1ccc(-c2scnc2C)cc1)C(C)(C)C. The summed E-state index contributed by atoms with van der Waals surface area (Å²) in [5.74, 6) is -0.373. The van der Waals surface area contributed by atoms with E-state index in [2.05, 4.69) is 15.6 Å². The topological polar surface area (TPSA) is 94.6 Å². The highest BCUT2D eigenvalue weighted by Gasteiger charge is 2.43. The van der Waals surface area contributed by atoms with E-state index in [9.17, 15) is 14.7 Å². The van der Waals surface area contributed by atoms with Crippen molar-refractivity contribution in [2.24, 2.45) is 5.41 Å². The molecule has 0 saturated carbocycles. The Kier molecular flexibility index (Phi) is 7.69. The number of carbonyl (C=O) groups excluding carboxylic acids is 2. The number of likely N-dealkylation sites (tertiary alicyclic amines) is 1. The number of β-amino-alcohol motifs (C(OH)–C–C–N with tert-alkyl or cyclic N) is 1. The van der Waals surface area contributed by atoms with Gasteiger partial charge in [0, 0.05) is 19.5 Å². The lowest BCUT2D eigenvalue weighted by Crippen LogP contribution is -2.56. The van der Waals surface area contributed by atoms with Gasteiger partial charge >= 0.3 is 0 Å². The first kappa shape index (κ1) is 24.4. The Bertz CT molecular complexity index is 935. The van der Waals surface area contributed by atoms with Crippen molar-refractivity contribution in [3.05, 3.63) is 41.0 Å². The minimum atomic E-state index is -0.695. The van der Waals surface area contributed by atoms with Crippen molar-refractivity contribution in [1.82, 2.24) is 20.5 Å². The van der Waals surface area contributed by atoms with Gasteiger partial charge < -0.3 is 20.6 Å². The first-order valence-corrected chi connectivity index (χ1v) is 12.0. The third-order valence-corrected chi connectivity index (χ3v) is 6.79. The van der Waals surface area contributed by atoms with Gasteiger partial charge in [-0.2, -0.15) is 0 Å². The summed E-state index contributed by atoms with van der Waals surface area (Å²) in [6.45, 7) is 11.1. The molecule has 2 amide bonds. The van der Waals surface area contributed by atoms with Crippen LogP contribution in [0, 0.1) is 12.3 Å². The Morgan fingerprint density at radius 2 is 1.97 bits per heavy atom. The number of hydrogen-bond acceptors (Lipinski definition) is 6. The van der Waals surface area contributed by atoms with Crippen LogP contribution in [0.3, 0.4) is 0 Å². The maximum atomic E-state index is 13.3. The van der Waals surface area contributed by atoms with Crippen LogP contribution < -0.4 is 10.6 Å². The standard InChI is InChI=1S/C24H34N4O3S/c1-6-25-21(24(3,4)5)23(31)28-13-18(29)11-19(28)22(30)26-12-16-7-9-17(10-8-16)20-15(2)27-14-32-20/h7-10,14,18-19,21,25,29H,6,11-13H2,1-5H3,(H,26,30)/t18-,19+,21-/m1/s1. The van der Waals surface area contributed by atoms with E-state index in [1.165, 1.54) is 4.90 Å². The fraction of sp³-hybridized carbons (Fsp3) is 0.542. The zero-order valence-electron chi connectivity index (χ0n) is 19.5. The maximum Gasteiger partial charge on any atom is 0.243 e. The Balaban J connectivity index is 1.65. The summed E-state index contributed by atoms with van der Waals surface area (Å²) in [5, 5.41) is 16.4. The van der Waals surface area contributed by atoms with E-state index in [-0.39, 0.29) is 30.2 Å². The number of thiazole rings is 1. The molecule has 32 heavy (non-hydrogen) atoms. The Labute approximate surface area is 194 Å². The summed E-state index contributed by atoms with van der Waals surface area (Å²) in [5.41, 5.74) is 4.61. The van der Waals surface area contributed by atoms with Crippen molar-refractivity contribution in [1.29, 1.82) is 0 Å². The van der Waals surface area contributed by atoms with Crippen LogP contribution in [0.15, 0.2) is 29.8 Å². The van der Waals surface area contributed by atoms with Gasteiger partial charge in [0.15, 0.2) is 0 Å². The van der Waals surface area contributed by atoms with E-state index in [1.807, 2.05) is 64.4 Å². The number of aromatic nitrogens is 1. The van der Waals surface area contributed by atoms with E-state index in [0.717, 1.165) is 21.7 Å². The molecule has 1 aliphatic rings. The summed E-state index contributed by atoms with van der Waals surface area (Å²) in [4.78, 5) is 33.2. The van der Waals surface area contributed by atoms with Gasteiger partial charge in [0.1, 0.15) is 6.04 Å². The molecule has 0 aliphatic carbocycles. The highest BCUT2D eigenvalue weighted by Crippen LogP contribution is 2.28. The number of nitrogens with zero attached hydrogens (tertiary/aromatic N) is 2. The van der Waals surface area contributed by atoms with Crippen molar-refractivity contribution >= 4 is 23.2 Å². The predicted molar refractivity (Wildman–Crippen MR) is 127 cm³/mol. The van der Waals surface area contributed by atoms with Gasteiger partial charge in [0.2, 0.25) is 11.8 Å². The van der Waals surface area contributed by atoms with Crippen LogP contribution in [0.2, 0.25) is 0 Å². The number of likely N-dealkylation sites (N-methyl/N-ethyl adjacent to an activating group) is 1. The molecule has 7 nitrogen and oxygen atoms in total. The second-order valence-electron chi connectivity index (χ2n) is 9.43. The van der Waals surface area contributed by atoms with Crippen LogP contribution in [-0.2, 0) is 16.1 Å². The zero-order valence-corrected chi connectivity index (χ0v) is 20.3. The number of aliphatic hydroxyl groups excluding tert-OH is 1. The summed E-state index contributed by atoms with van der Waals surface area (Å²) in [6.07, 6.45) is -0.441. The number of carbonyl (C=O) groups is 2. The fourth-order valence-electron chi connectivity index (χ4n) is 4.10. The quantitative estimate of drug-likeness (QED) is 0.593. The van der Waals surface area contributed by atoms with Gasteiger partial charge in [-0.3, -0.25) is 9.59 Å². The van der Waals surface area contributed by atoms with Crippen LogP contribution >= 0.6 is 11.3 Å². The minimum Gasteiger partial charge on any atom is -0.391 e. The van der Waals surface area contributed by atoms with Crippen LogP contribution in [0.25, 0.3) is 10.4 Å². The Morgan fingerprint density at radius 1 is 1.28 bits per heavy atom. The molecule has 0 radical (unpaired) electrons. The summed E-state index contributed by atoms with van der Waals surface area (Å²) < 4.78 is 0. The molecule has 2 heterocycles. The molecule has 1 saturated heterocycles. The predicted octanol–water partition coefficient (Wildman–Crippen LogP) is 2.72. The van der Waals surface area contributed by atoms with Crippen molar-refractivity contribution < 1.29 is 14.7 Å². The van der Waals surface area contributed by atoms with Crippen LogP contribution in [0.5, 0.6) is 0 Å². The van der Waals surface area contributed by atoms with Crippen molar-refractivity contribution in [2.75, 3.05) is 13.1 Å². The molecule has 3 N–H and O–H groups in total. The summed E-state index contributed by atoms with van der Waals surface area (Å²) >= 11 is 1.61. The number of rotatable bonds is 7. The minimum absolute atomic E-state index is 0.139. The maximum absolute atomic E-state index is 13.3. The van der Waals surface area contributed by atoms with Gasteiger partial charge in [-0.25, -0.2) is 4.98 Å². The molecule has 0 unspecified atom stereocenters. The van der Waals surface area contributed by atoms with Gasteiger partial charge in [-0.05, 0) is 30.0 Å². The van der Waals surface area contributed by atoms with E-state index >= 15 is 0 Å². The van der Waals surface area contributed by atoms with Crippen LogP contribution in [0.1, 0.15) is 45.4 Å². The second kappa shape index (κ2) is 10.1. The van der Waals surface area contributed by atoms with Crippen molar-refractivity contribution in [3.63, 3.8) is 0 Å². The van der Waals surface area contributed by atoms with Gasteiger partial charge in [-0.1, -0.05) is 52.0 Å². The molecule has 0 spiro atoms. The molecular formula is C24H34N4O3S. The molecule has 0 bridgehead atoms. The molecule has 1 fully saturated rings. The molecule has 174 valence electrons. The van der Waals surface area contributed by atoms with E-state index in [1.54, 1.807) is 11.3 Å². The second-order valence-corrected chi connectivity index (χ2v) is 10.3. The number of nitrogens with one attached hydrogen (secondary N) is 2. The lowest BCUT2D eigenvalue weighted by atomic mass is 9.85. The molecule has 3 atom stereocenters. The van der Waals surface area contributed by atoms with E-state index in [4.69, 9.17) is 0 Å². The first-order chi connectivity index (χ1) is 15.1. The smallest absolute Gasteiger partial charge is 0.243 e. The molecule has 2 aromatic rings. The normalized spacial score (nSPS) is 19.8. The zero-order chi connectivity index (χ0) is 23.5. The summed E-state index contributed by atoms with van der Waals surface area (Å²) in [6, 6.07) is 6.95. The first-order valence-electron chi connectivity index (χ1n) is 11.1. The van der Waals surface area contributed by atoms with E-state index < -0.39 is 18.2 Å². The lowest BCUT2D eigenvalue weighted by Gasteiger charge is -2.35. The van der Waals surface area contributed by atoms with Crippen LogP contribution in [-0.4, -0.2) is 58.1 Å². The number of amides is 2. The van der Waals surface area contributed by atoms with Gasteiger partial charge in [-0.15, -0.1) is 11.3 Å². The third kappa shape index (κ3) is 5.54. The third-order valence-electron chi connectivity index (χ3n) is 5.81. The number of hydrogen-bond donors (Lipinski definition) is 3. The molecule has 1 aliphatic heterocycles. The number of benzene rings is 1. The van der Waals surface area contributed by atoms with Gasteiger partial charge in [0.05, 0.1) is 28.2 Å². The fourth-order valence-corrected chi connectivity index (χ4v) is 4.91. The molecular weight excluding hydrogens is 424 g/mol. The number of aryl methyl sites for hydroxylation is 1. The Morgan fingerprint density at radius 3 is 2.53 bits per heavy atom. The lowest BCUT2D eigenvalue weighted by molar-refractivity contribution is -0.142. The van der Waals surface area contributed by atoms with Crippen molar-refractivity contribution in [3.8, 4) is 10.4 Å². The molecule has 3 rings (SSSR count). The molecule has 1 aromatic carbocycles. The monoisotopic (exact) mass is 458 g/mol. The van der Waals surface area contributed by atoms with E-state index in [0.29, 0.717) is 13.1 Å². The highest BCUT2D eigenvalue weighted by atomic mass is 32.1. The largest absolute Gasteiger partial charge is 0.391 e. The molecule has 1 aromatic heterocycles. The van der Waals surface area contributed by atoms with Crippen LogP contribution in [0.4, 0.5) is 0 Å². The average Bonchev–Trinajstić information content (AvgIpc) is 3.35. The van der Waals surface area contributed by atoms with Gasteiger partial charge in [0.25, 0.3) is 0 Å². The molecule has 8 heteroatoms.